The number of hydrogen-bond donors (Lipinski definition) is 0. The van der Waals surface area contributed by atoms with E-state index in [1.807, 2.05) is 19.0 Å². The zero-order valence-corrected chi connectivity index (χ0v) is 17.4. The first-order chi connectivity index (χ1) is 13.0. The van der Waals surface area contributed by atoms with E-state index < -0.39 is 17.7 Å². The van der Waals surface area contributed by atoms with Crippen LogP contribution in [0.1, 0.15) is 41.2 Å². The Morgan fingerprint density at radius 1 is 1.39 bits per heavy atom. The maximum absolute atomic E-state index is 13.2. The molecule has 0 spiro atoms. The van der Waals surface area contributed by atoms with E-state index in [4.69, 9.17) is 4.84 Å². The van der Waals surface area contributed by atoms with Crippen LogP contribution in [0.15, 0.2) is 17.3 Å². The number of likely N-dealkylation sites (tertiary alicyclic amines) is 1. The summed E-state index contributed by atoms with van der Waals surface area (Å²) in [5, 5.41) is 3.71. The van der Waals surface area contributed by atoms with E-state index in [0.29, 0.717) is 28.8 Å². The maximum Gasteiger partial charge on any atom is 0.429 e. The minimum absolute atomic E-state index is 0.0654. The molecule has 1 aromatic heterocycles. The van der Waals surface area contributed by atoms with E-state index in [0.717, 1.165) is 19.4 Å². The van der Waals surface area contributed by atoms with Crippen LogP contribution in [-0.2, 0) is 4.84 Å². The molecular formula is C19H26F3N3O2S. The molecule has 1 aromatic rings. The Bertz CT molecular complexity index is 758. The molecule has 0 radical (unpaired) electrons. The second-order valence-corrected chi connectivity index (χ2v) is 9.46. The Kier molecular flexibility index (Phi) is 5.78. The SMILES string of the molecule is CN(C)CC1CCCN(C(=O)c2ccc(C3=NOC(C(F)(F)F)C3(C)C)s2)C1. The number of hydrogen-bond acceptors (Lipinski definition) is 5. The van der Waals surface area contributed by atoms with Gasteiger partial charge in [0.15, 0.2) is 0 Å². The first-order valence-corrected chi connectivity index (χ1v) is 10.2. The van der Waals surface area contributed by atoms with Crippen LogP contribution in [0.3, 0.4) is 0 Å². The van der Waals surface area contributed by atoms with Gasteiger partial charge in [0.2, 0.25) is 6.10 Å². The van der Waals surface area contributed by atoms with Crippen molar-refractivity contribution in [3.05, 3.63) is 21.9 Å². The summed E-state index contributed by atoms with van der Waals surface area (Å²) in [6.45, 7) is 5.28. The lowest BCUT2D eigenvalue weighted by atomic mass is 9.81. The summed E-state index contributed by atoms with van der Waals surface area (Å²) in [6.07, 6.45) is -4.42. The van der Waals surface area contributed by atoms with Crippen molar-refractivity contribution in [1.82, 2.24) is 9.80 Å². The van der Waals surface area contributed by atoms with Gasteiger partial charge in [0.25, 0.3) is 5.91 Å². The van der Waals surface area contributed by atoms with Crippen LogP contribution in [0, 0.1) is 11.3 Å². The average Bonchev–Trinajstić information content (AvgIpc) is 3.16. The molecule has 2 atom stereocenters. The maximum atomic E-state index is 13.2. The average molecular weight is 417 g/mol. The molecule has 0 saturated carbocycles. The van der Waals surface area contributed by atoms with E-state index in [2.05, 4.69) is 10.1 Å². The van der Waals surface area contributed by atoms with Gasteiger partial charge in [0, 0.05) is 19.6 Å². The van der Waals surface area contributed by atoms with Gasteiger partial charge in [-0.3, -0.25) is 4.79 Å². The van der Waals surface area contributed by atoms with Gasteiger partial charge in [-0.2, -0.15) is 13.2 Å². The highest BCUT2D eigenvalue weighted by molar-refractivity contribution is 7.16. The highest BCUT2D eigenvalue weighted by Crippen LogP contribution is 2.44. The van der Waals surface area contributed by atoms with Crippen LogP contribution in [0.5, 0.6) is 0 Å². The van der Waals surface area contributed by atoms with E-state index in [-0.39, 0.29) is 11.6 Å². The van der Waals surface area contributed by atoms with Crippen molar-refractivity contribution in [2.45, 2.75) is 39.0 Å². The van der Waals surface area contributed by atoms with Crippen molar-refractivity contribution < 1.29 is 22.8 Å². The number of rotatable bonds is 4. The number of carbonyl (C=O) groups is 1. The molecule has 9 heteroatoms. The summed E-state index contributed by atoms with van der Waals surface area (Å²) in [7, 11) is 4.04. The molecule has 28 heavy (non-hydrogen) atoms. The molecular weight excluding hydrogens is 391 g/mol. The highest BCUT2D eigenvalue weighted by Gasteiger charge is 2.57. The Hall–Kier alpha value is -1.61. The minimum atomic E-state index is -4.50. The van der Waals surface area contributed by atoms with Crippen molar-refractivity contribution in [3.8, 4) is 0 Å². The smallest absolute Gasteiger partial charge is 0.381 e. The number of nitrogens with zero attached hydrogens (tertiary/aromatic N) is 3. The molecule has 1 fully saturated rings. The lowest BCUT2D eigenvalue weighted by Crippen LogP contribution is -2.43. The third-order valence-electron chi connectivity index (χ3n) is 5.29. The molecule has 156 valence electrons. The lowest BCUT2D eigenvalue weighted by Gasteiger charge is -2.33. The molecule has 3 rings (SSSR count). The van der Waals surface area contributed by atoms with Crippen LogP contribution in [0.4, 0.5) is 13.2 Å². The molecule has 2 aliphatic rings. The van der Waals surface area contributed by atoms with Gasteiger partial charge in [0.05, 0.1) is 15.2 Å². The van der Waals surface area contributed by atoms with Crippen molar-refractivity contribution in [3.63, 3.8) is 0 Å². The first-order valence-electron chi connectivity index (χ1n) is 9.35. The zero-order valence-electron chi connectivity index (χ0n) is 16.5. The third kappa shape index (κ3) is 4.20. The van der Waals surface area contributed by atoms with Gasteiger partial charge in [-0.05, 0) is 45.0 Å². The third-order valence-corrected chi connectivity index (χ3v) is 6.37. The Morgan fingerprint density at radius 2 is 2.11 bits per heavy atom. The van der Waals surface area contributed by atoms with Crippen LogP contribution in [-0.4, -0.2) is 67.4 Å². The van der Waals surface area contributed by atoms with Crippen molar-refractivity contribution in [2.75, 3.05) is 33.7 Å². The van der Waals surface area contributed by atoms with Gasteiger partial charge in [-0.25, -0.2) is 0 Å². The fourth-order valence-corrected chi connectivity index (χ4v) is 5.08. The number of halogens is 3. The summed E-state index contributed by atoms with van der Waals surface area (Å²) in [5.74, 6) is 0.371. The quantitative estimate of drug-likeness (QED) is 0.748. The molecule has 0 N–H and O–H groups in total. The summed E-state index contributed by atoms with van der Waals surface area (Å²) in [6, 6.07) is 3.35. The van der Waals surface area contributed by atoms with Gasteiger partial charge in [-0.1, -0.05) is 19.0 Å². The summed E-state index contributed by atoms with van der Waals surface area (Å²) in [5.41, 5.74) is -1.08. The zero-order chi connectivity index (χ0) is 20.7. The normalized spacial score (nSPS) is 25.0. The van der Waals surface area contributed by atoms with Crippen LogP contribution in [0.2, 0.25) is 0 Å². The minimum Gasteiger partial charge on any atom is -0.381 e. The fraction of sp³-hybridized carbons (Fsp3) is 0.684. The number of alkyl halides is 3. The molecule has 3 heterocycles. The molecule has 5 nitrogen and oxygen atoms in total. The number of carbonyl (C=O) groups excluding carboxylic acids is 1. The van der Waals surface area contributed by atoms with Gasteiger partial charge in [-0.15, -0.1) is 11.3 Å². The standard InChI is InChI=1S/C19H26F3N3O2S/c1-18(2)15(23-27-17(18)19(20,21)22)13-7-8-14(28-13)16(26)25-9-5-6-12(11-25)10-24(3)4/h7-8,12,17H,5-6,9-11H2,1-4H3. The topological polar surface area (TPSA) is 45.1 Å². The van der Waals surface area contributed by atoms with Gasteiger partial charge >= 0.3 is 6.18 Å². The van der Waals surface area contributed by atoms with Crippen molar-refractivity contribution >= 4 is 23.0 Å². The molecule has 1 amide bonds. The van der Waals surface area contributed by atoms with Crippen molar-refractivity contribution in [1.29, 1.82) is 0 Å². The lowest BCUT2D eigenvalue weighted by molar-refractivity contribution is -0.232. The number of amides is 1. The predicted molar refractivity (Wildman–Crippen MR) is 103 cm³/mol. The molecule has 0 aliphatic carbocycles. The van der Waals surface area contributed by atoms with Crippen LogP contribution in [0.25, 0.3) is 0 Å². The summed E-state index contributed by atoms with van der Waals surface area (Å²) < 4.78 is 39.6. The number of piperidine rings is 1. The van der Waals surface area contributed by atoms with Crippen LogP contribution < -0.4 is 0 Å². The monoisotopic (exact) mass is 417 g/mol. The molecule has 0 bridgehead atoms. The molecule has 2 unspecified atom stereocenters. The molecule has 2 aliphatic heterocycles. The van der Waals surface area contributed by atoms with E-state index in [9.17, 15) is 18.0 Å². The highest BCUT2D eigenvalue weighted by atomic mass is 32.1. The molecule has 0 aromatic carbocycles. The van der Waals surface area contributed by atoms with E-state index in [1.54, 1.807) is 12.1 Å². The Balaban J connectivity index is 1.73. The second kappa shape index (κ2) is 7.67. The van der Waals surface area contributed by atoms with Gasteiger partial charge < -0.3 is 14.6 Å². The molecule has 1 saturated heterocycles. The number of thiophene rings is 1. The van der Waals surface area contributed by atoms with Crippen LogP contribution >= 0.6 is 11.3 Å². The largest absolute Gasteiger partial charge is 0.429 e. The Morgan fingerprint density at radius 3 is 2.71 bits per heavy atom. The summed E-state index contributed by atoms with van der Waals surface area (Å²) >= 11 is 1.18. The van der Waals surface area contributed by atoms with Gasteiger partial charge in [0.1, 0.15) is 5.71 Å². The van der Waals surface area contributed by atoms with Crippen molar-refractivity contribution in [2.24, 2.45) is 16.5 Å². The number of oxime groups is 1. The fourth-order valence-electron chi connectivity index (χ4n) is 3.96. The first kappa shape index (κ1) is 21.1. The summed E-state index contributed by atoms with van der Waals surface area (Å²) in [4.78, 5) is 22.7. The predicted octanol–water partition coefficient (Wildman–Crippen LogP) is 3.85. The Labute approximate surface area is 167 Å². The van der Waals surface area contributed by atoms with E-state index >= 15 is 0 Å². The second-order valence-electron chi connectivity index (χ2n) is 8.37. The van der Waals surface area contributed by atoms with E-state index in [1.165, 1.54) is 25.2 Å².